The van der Waals surface area contributed by atoms with Gasteiger partial charge in [0, 0.05) is 11.9 Å². The molecule has 0 aliphatic rings. The van der Waals surface area contributed by atoms with Crippen LogP contribution in [-0.4, -0.2) is 27.2 Å². The van der Waals surface area contributed by atoms with Gasteiger partial charge in [-0.15, -0.1) is 0 Å². The van der Waals surface area contributed by atoms with Gasteiger partial charge in [0.15, 0.2) is 0 Å². The van der Waals surface area contributed by atoms with Gasteiger partial charge in [-0.25, -0.2) is 17.9 Å². The van der Waals surface area contributed by atoms with Crippen LogP contribution in [0.15, 0.2) is 77.7 Å². The highest BCUT2D eigenvalue weighted by atomic mass is 32.2. The maximum atomic E-state index is 12.2. The van der Waals surface area contributed by atoms with Crippen molar-refractivity contribution in [3.05, 3.63) is 72.8 Å². The number of hydrogen-bond acceptors (Lipinski definition) is 4. The fourth-order valence-electron chi connectivity index (χ4n) is 2.61. The first-order chi connectivity index (χ1) is 13.0. The van der Waals surface area contributed by atoms with Gasteiger partial charge in [-0.3, -0.25) is 5.32 Å². The van der Waals surface area contributed by atoms with Crippen LogP contribution < -0.4 is 10.0 Å². The minimum atomic E-state index is -3.64. The molecule has 0 aliphatic heterocycles. The number of ether oxygens (including phenoxy) is 1. The Balaban J connectivity index is 1.58. The number of hydrogen-bond donors (Lipinski definition) is 2. The molecule has 7 heteroatoms. The molecule has 0 bridgehead atoms. The summed E-state index contributed by atoms with van der Waals surface area (Å²) in [4.78, 5) is 12.3. The second kappa shape index (κ2) is 8.20. The summed E-state index contributed by atoms with van der Waals surface area (Å²) in [5.74, 6) is 0. The molecule has 27 heavy (non-hydrogen) atoms. The summed E-state index contributed by atoms with van der Waals surface area (Å²) in [5, 5.41) is 4.60. The molecule has 1 atom stereocenters. The van der Waals surface area contributed by atoms with Crippen molar-refractivity contribution in [3.63, 3.8) is 0 Å². The van der Waals surface area contributed by atoms with Crippen LogP contribution >= 0.6 is 0 Å². The lowest BCUT2D eigenvalue weighted by Crippen LogP contribution is -2.34. The molecule has 0 aromatic heterocycles. The van der Waals surface area contributed by atoms with E-state index in [1.54, 1.807) is 31.2 Å². The van der Waals surface area contributed by atoms with Crippen LogP contribution in [0, 0.1) is 0 Å². The van der Waals surface area contributed by atoms with Crippen LogP contribution in [0.25, 0.3) is 10.8 Å². The minimum Gasteiger partial charge on any atom is -0.445 e. The lowest BCUT2D eigenvalue weighted by atomic mass is 10.1. The van der Waals surface area contributed by atoms with E-state index in [0.717, 1.165) is 10.8 Å². The van der Waals surface area contributed by atoms with Gasteiger partial charge in [0.1, 0.15) is 6.10 Å². The first kappa shape index (κ1) is 18.9. The molecule has 0 unspecified atom stereocenters. The van der Waals surface area contributed by atoms with Crippen LogP contribution in [0.2, 0.25) is 0 Å². The Labute approximate surface area is 158 Å². The maximum absolute atomic E-state index is 12.2. The number of fused-ring (bicyclic) bond motifs is 1. The van der Waals surface area contributed by atoms with Gasteiger partial charge in [0.25, 0.3) is 0 Å². The molecule has 0 heterocycles. The Bertz CT molecular complexity index is 1030. The third kappa shape index (κ3) is 4.84. The van der Waals surface area contributed by atoms with E-state index in [1.165, 1.54) is 12.1 Å². The zero-order valence-corrected chi connectivity index (χ0v) is 15.6. The summed E-state index contributed by atoms with van der Waals surface area (Å²) in [6.45, 7) is 1.59. The average Bonchev–Trinajstić information content (AvgIpc) is 2.67. The number of anilines is 1. The number of amides is 1. The first-order valence-electron chi connectivity index (χ1n) is 8.46. The summed E-state index contributed by atoms with van der Waals surface area (Å²) in [6, 6.07) is 21.3. The zero-order valence-electron chi connectivity index (χ0n) is 14.8. The average molecular weight is 384 g/mol. The van der Waals surface area contributed by atoms with Crippen molar-refractivity contribution in [2.75, 3.05) is 11.9 Å². The standard InChI is InChI=1S/C20H20N2O4S/c1-15(14-21-27(24,25)17-10-3-2-4-11-17)26-20(23)22-19-13-7-9-16-8-5-6-12-18(16)19/h2-13,15,21H,14H2,1H3,(H,22,23)/t15-/m1/s1. The molecule has 0 spiro atoms. The van der Waals surface area contributed by atoms with Crippen LogP contribution in [-0.2, 0) is 14.8 Å². The van der Waals surface area contributed by atoms with Crippen molar-refractivity contribution in [3.8, 4) is 0 Å². The van der Waals surface area contributed by atoms with E-state index in [1.807, 2.05) is 36.4 Å². The number of benzene rings is 3. The van der Waals surface area contributed by atoms with E-state index in [2.05, 4.69) is 10.0 Å². The van der Waals surface area contributed by atoms with Gasteiger partial charge in [-0.05, 0) is 30.5 Å². The van der Waals surface area contributed by atoms with Gasteiger partial charge in [0.2, 0.25) is 10.0 Å². The molecular weight excluding hydrogens is 364 g/mol. The number of carbonyl (C=O) groups is 1. The normalized spacial score (nSPS) is 12.5. The van der Waals surface area contributed by atoms with E-state index >= 15 is 0 Å². The largest absolute Gasteiger partial charge is 0.445 e. The maximum Gasteiger partial charge on any atom is 0.411 e. The lowest BCUT2D eigenvalue weighted by molar-refractivity contribution is 0.122. The summed E-state index contributed by atoms with van der Waals surface area (Å²) < 4.78 is 32.1. The Morgan fingerprint density at radius 3 is 2.41 bits per heavy atom. The van der Waals surface area contributed by atoms with Crippen LogP contribution in [0.3, 0.4) is 0 Å². The summed E-state index contributed by atoms with van der Waals surface area (Å²) >= 11 is 0. The smallest absolute Gasteiger partial charge is 0.411 e. The fourth-order valence-corrected chi connectivity index (χ4v) is 3.74. The summed E-state index contributed by atoms with van der Waals surface area (Å²) in [7, 11) is -3.64. The highest BCUT2D eigenvalue weighted by molar-refractivity contribution is 7.89. The van der Waals surface area contributed by atoms with Crippen molar-refractivity contribution in [2.24, 2.45) is 0 Å². The molecule has 3 rings (SSSR count). The number of rotatable bonds is 6. The zero-order chi connectivity index (χ0) is 19.3. The highest BCUT2D eigenvalue weighted by Gasteiger charge is 2.17. The van der Waals surface area contributed by atoms with Crippen LogP contribution in [0.1, 0.15) is 6.92 Å². The Morgan fingerprint density at radius 2 is 1.63 bits per heavy atom. The van der Waals surface area contributed by atoms with E-state index < -0.39 is 22.2 Å². The van der Waals surface area contributed by atoms with E-state index in [0.29, 0.717) is 5.69 Å². The predicted octanol–water partition coefficient (Wildman–Crippen LogP) is 3.76. The molecule has 1 amide bonds. The molecule has 3 aromatic rings. The second-order valence-electron chi connectivity index (χ2n) is 6.03. The molecular formula is C20H20N2O4S. The summed E-state index contributed by atoms with van der Waals surface area (Å²) in [6.07, 6.45) is -1.28. The third-order valence-corrected chi connectivity index (χ3v) is 5.39. The number of carbonyl (C=O) groups excluding carboxylic acids is 1. The summed E-state index contributed by atoms with van der Waals surface area (Å²) in [5.41, 5.74) is 0.634. The van der Waals surface area contributed by atoms with Gasteiger partial charge < -0.3 is 4.74 Å². The second-order valence-corrected chi connectivity index (χ2v) is 7.80. The first-order valence-corrected chi connectivity index (χ1v) is 9.94. The van der Waals surface area contributed by atoms with Gasteiger partial charge in [-0.2, -0.15) is 0 Å². The quantitative estimate of drug-likeness (QED) is 0.678. The van der Waals surface area contributed by atoms with E-state index in [4.69, 9.17) is 4.74 Å². The van der Waals surface area contributed by atoms with E-state index in [-0.39, 0.29) is 11.4 Å². The van der Waals surface area contributed by atoms with Crippen molar-refractivity contribution >= 4 is 32.6 Å². The third-order valence-electron chi connectivity index (χ3n) is 3.95. The molecule has 0 fully saturated rings. The predicted molar refractivity (Wildman–Crippen MR) is 105 cm³/mol. The molecule has 2 N–H and O–H groups in total. The Morgan fingerprint density at radius 1 is 0.963 bits per heavy atom. The topological polar surface area (TPSA) is 84.5 Å². The van der Waals surface area contributed by atoms with Crippen LogP contribution in [0.5, 0.6) is 0 Å². The SMILES string of the molecule is C[C@H](CNS(=O)(=O)c1ccccc1)OC(=O)Nc1cccc2ccccc12. The minimum absolute atomic E-state index is 0.0276. The Kier molecular flexibility index (Phi) is 5.73. The highest BCUT2D eigenvalue weighted by Crippen LogP contribution is 2.23. The van der Waals surface area contributed by atoms with Crippen molar-refractivity contribution in [2.45, 2.75) is 17.9 Å². The van der Waals surface area contributed by atoms with Crippen molar-refractivity contribution in [1.29, 1.82) is 0 Å². The van der Waals surface area contributed by atoms with Gasteiger partial charge in [0.05, 0.1) is 10.6 Å². The van der Waals surface area contributed by atoms with Gasteiger partial charge >= 0.3 is 6.09 Å². The molecule has 3 aromatic carbocycles. The van der Waals surface area contributed by atoms with Crippen molar-refractivity contribution < 1.29 is 17.9 Å². The monoisotopic (exact) mass is 384 g/mol. The van der Waals surface area contributed by atoms with Crippen LogP contribution in [0.4, 0.5) is 10.5 Å². The van der Waals surface area contributed by atoms with Crippen molar-refractivity contribution in [1.82, 2.24) is 4.72 Å². The number of nitrogens with one attached hydrogen (secondary N) is 2. The fraction of sp³-hybridized carbons (Fsp3) is 0.150. The molecule has 0 aliphatic carbocycles. The molecule has 140 valence electrons. The molecule has 0 radical (unpaired) electrons. The molecule has 0 saturated carbocycles. The lowest BCUT2D eigenvalue weighted by Gasteiger charge is -2.15. The van der Waals surface area contributed by atoms with E-state index in [9.17, 15) is 13.2 Å². The van der Waals surface area contributed by atoms with Gasteiger partial charge in [-0.1, -0.05) is 54.6 Å². The number of sulfonamides is 1. The molecule has 6 nitrogen and oxygen atoms in total. The molecule has 0 saturated heterocycles. The Hall–Kier alpha value is -2.90.